The quantitative estimate of drug-likeness (QED) is 0.625. The van der Waals surface area contributed by atoms with Crippen molar-refractivity contribution >= 4 is 11.0 Å². The highest BCUT2D eigenvalue weighted by Gasteiger charge is 2.12. The van der Waals surface area contributed by atoms with E-state index < -0.39 is 6.10 Å². The molecule has 0 amide bonds. The molecule has 1 atom stereocenters. The van der Waals surface area contributed by atoms with E-state index in [0.717, 1.165) is 33.7 Å². The molecular formula is C20H17N3O. The van der Waals surface area contributed by atoms with Crippen LogP contribution in [0.4, 0.5) is 0 Å². The molecule has 0 bridgehead atoms. The highest BCUT2D eigenvalue weighted by atomic mass is 16.3. The van der Waals surface area contributed by atoms with Gasteiger partial charge in [0.05, 0.1) is 11.7 Å². The Balaban J connectivity index is 1.72. The lowest BCUT2D eigenvalue weighted by Gasteiger charge is -2.13. The molecule has 0 spiro atoms. The van der Waals surface area contributed by atoms with Crippen LogP contribution < -0.4 is 0 Å². The fourth-order valence-corrected chi connectivity index (χ4v) is 3.01. The van der Waals surface area contributed by atoms with Gasteiger partial charge < -0.3 is 5.11 Å². The van der Waals surface area contributed by atoms with E-state index in [2.05, 4.69) is 14.5 Å². The molecule has 2 heterocycles. The Morgan fingerprint density at radius 3 is 2.38 bits per heavy atom. The van der Waals surface area contributed by atoms with E-state index in [1.54, 1.807) is 12.4 Å². The number of aliphatic hydroxyl groups is 1. The van der Waals surface area contributed by atoms with E-state index in [1.807, 2.05) is 67.6 Å². The van der Waals surface area contributed by atoms with Gasteiger partial charge in [-0.05, 0) is 36.2 Å². The second-order valence-corrected chi connectivity index (χ2v) is 5.76. The smallest absolute Gasteiger partial charge is 0.111 e. The Morgan fingerprint density at radius 2 is 1.62 bits per heavy atom. The molecule has 0 radical (unpaired) electrons. The van der Waals surface area contributed by atoms with Crippen LogP contribution in [0, 0.1) is 6.92 Å². The summed E-state index contributed by atoms with van der Waals surface area (Å²) in [6.07, 6.45) is 2.92. The van der Waals surface area contributed by atoms with Crippen molar-refractivity contribution in [2.24, 2.45) is 0 Å². The van der Waals surface area contributed by atoms with Crippen molar-refractivity contribution in [2.45, 2.75) is 13.0 Å². The van der Waals surface area contributed by atoms with E-state index >= 15 is 0 Å². The molecule has 118 valence electrons. The summed E-state index contributed by atoms with van der Waals surface area (Å²) in [5.74, 6) is 0.911. The van der Waals surface area contributed by atoms with E-state index in [-0.39, 0.29) is 0 Å². The van der Waals surface area contributed by atoms with Crippen molar-refractivity contribution in [2.75, 3.05) is 0 Å². The van der Waals surface area contributed by atoms with Crippen LogP contribution in [0.5, 0.6) is 0 Å². The lowest BCUT2D eigenvalue weighted by atomic mass is 10.0. The van der Waals surface area contributed by atoms with E-state index in [4.69, 9.17) is 0 Å². The number of imidazole rings is 1. The molecule has 0 fully saturated rings. The first-order chi connectivity index (χ1) is 11.7. The third-order valence-corrected chi connectivity index (χ3v) is 4.21. The lowest BCUT2D eigenvalue weighted by Crippen LogP contribution is -2.01. The lowest BCUT2D eigenvalue weighted by molar-refractivity contribution is 0.220. The number of hydrogen-bond donors (Lipinski definition) is 1. The highest BCUT2D eigenvalue weighted by Crippen LogP contribution is 2.25. The molecule has 4 rings (SSSR count). The maximum absolute atomic E-state index is 10.5. The Labute approximate surface area is 140 Å². The number of nitrogens with zero attached hydrogens (tertiary/aromatic N) is 3. The van der Waals surface area contributed by atoms with Crippen molar-refractivity contribution in [3.8, 4) is 5.69 Å². The number of aliphatic hydroxyl groups excluding tert-OH is 1. The van der Waals surface area contributed by atoms with Gasteiger partial charge in [0.2, 0.25) is 0 Å². The van der Waals surface area contributed by atoms with Crippen LogP contribution in [0.15, 0.2) is 73.1 Å². The summed E-state index contributed by atoms with van der Waals surface area (Å²) in [5, 5.41) is 10.5. The third kappa shape index (κ3) is 2.47. The van der Waals surface area contributed by atoms with Crippen molar-refractivity contribution in [1.82, 2.24) is 14.5 Å². The van der Waals surface area contributed by atoms with Crippen molar-refractivity contribution in [1.29, 1.82) is 0 Å². The second-order valence-electron chi connectivity index (χ2n) is 5.76. The van der Waals surface area contributed by atoms with Crippen LogP contribution >= 0.6 is 0 Å². The number of rotatable bonds is 3. The number of aromatic nitrogens is 3. The van der Waals surface area contributed by atoms with Crippen LogP contribution in [0.25, 0.3) is 16.7 Å². The molecule has 1 N–H and O–H groups in total. The molecule has 4 aromatic rings. The zero-order chi connectivity index (χ0) is 16.5. The SMILES string of the molecule is Cc1nc2cnccc2n1-c1ccc(C(O)c2ccccc2)cc1. The van der Waals surface area contributed by atoms with Crippen molar-refractivity contribution in [3.63, 3.8) is 0 Å². The van der Waals surface area contributed by atoms with Gasteiger partial charge in [0.1, 0.15) is 17.4 Å². The maximum Gasteiger partial charge on any atom is 0.111 e. The van der Waals surface area contributed by atoms with Crippen LogP contribution in [0.2, 0.25) is 0 Å². The fraction of sp³-hybridized carbons (Fsp3) is 0.100. The molecule has 24 heavy (non-hydrogen) atoms. The minimum absolute atomic E-state index is 0.620. The number of fused-ring (bicyclic) bond motifs is 1. The van der Waals surface area contributed by atoms with Crippen LogP contribution in [0.1, 0.15) is 23.1 Å². The highest BCUT2D eigenvalue weighted by molar-refractivity contribution is 5.77. The van der Waals surface area contributed by atoms with Gasteiger partial charge in [0, 0.05) is 11.9 Å². The largest absolute Gasteiger partial charge is 0.384 e. The van der Waals surface area contributed by atoms with Crippen molar-refractivity contribution in [3.05, 3.63) is 90.0 Å². The second kappa shape index (κ2) is 5.91. The zero-order valence-corrected chi connectivity index (χ0v) is 13.3. The van der Waals surface area contributed by atoms with Crippen molar-refractivity contribution < 1.29 is 5.11 Å². The molecule has 1 unspecified atom stereocenters. The maximum atomic E-state index is 10.5. The number of pyridine rings is 1. The average Bonchev–Trinajstić information content (AvgIpc) is 2.98. The minimum atomic E-state index is -0.620. The van der Waals surface area contributed by atoms with Gasteiger partial charge in [-0.1, -0.05) is 42.5 Å². The molecule has 0 aliphatic heterocycles. The predicted molar refractivity (Wildman–Crippen MR) is 94.1 cm³/mol. The monoisotopic (exact) mass is 315 g/mol. The Kier molecular flexibility index (Phi) is 3.59. The Bertz CT molecular complexity index is 975. The average molecular weight is 315 g/mol. The first-order valence-corrected chi connectivity index (χ1v) is 7.86. The Hall–Kier alpha value is -2.98. The molecule has 2 aromatic heterocycles. The zero-order valence-electron chi connectivity index (χ0n) is 13.3. The molecule has 0 aliphatic carbocycles. The first-order valence-electron chi connectivity index (χ1n) is 7.86. The molecule has 0 saturated carbocycles. The summed E-state index contributed by atoms with van der Waals surface area (Å²) in [4.78, 5) is 8.67. The molecule has 0 saturated heterocycles. The van der Waals surface area contributed by atoms with Crippen LogP contribution in [-0.2, 0) is 0 Å². The minimum Gasteiger partial charge on any atom is -0.384 e. The van der Waals surface area contributed by atoms with Gasteiger partial charge in [0.25, 0.3) is 0 Å². The summed E-state index contributed by atoms with van der Waals surface area (Å²) >= 11 is 0. The normalized spacial score (nSPS) is 12.4. The van der Waals surface area contributed by atoms with Gasteiger partial charge in [-0.3, -0.25) is 9.55 Å². The van der Waals surface area contributed by atoms with E-state index in [1.165, 1.54) is 0 Å². The van der Waals surface area contributed by atoms with Gasteiger partial charge in [-0.15, -0.1) is 0 Å². The third-order valence-electron chi connectivity index (χ3n) is 4.21. The topological polar surface area (TPSA) is 50.9 Å². The molecule has 4 nitrogen and oxygen atoms in total. The first kappa shape index (κ1) is 14.6. The van der Waals surface area contributed by atoms with E-state index in [9.17, 15) is 5.11 Å². The van der Waals surface area contributed by atoms with Crippen LogP contribution in [-0.4, -0.2) is 19.6 Å². The number of aryl methyl sites for hydroxylation is 1. The van der Waals surface area contributed by atoms with E-state index in [0.29, 0.717) is 0 Å². The van der Waals surface area contributed by atoms with Gasteiger partial charge in [-0.2, -0.15) is 0 Å². The Morgan fingerprint density at radius 1 is 0.917 bits per heavy atom. The summed E-state index contributed by atoms with van der Waals surface area (Å²) in [6, 6.07) is 19.6. The van der Waals surface area contributed by atoms with Gasteiger partial charge in [0.15, 0.2) is 0 Å². The number of benzene rings is 2. The standard InChI is InChI=1S/C20H17N3O/c1-14-22-18-13-21-12-11-19(18)23(14)17-9-7-16(8-10-17)20(24)15-5-3-2-4-6-15/h2-13,20,24H,1H3. The van der Waals surface area contributed by atoms with Gasteiger partial charge >= 0.3 is 0 Å². The van der Waals surface area contributed by atoms with Crippen LogP contribution in [0.3, 0.4) is 0 Å². The summed E-state index contributed by atoms with van der Waals surface area (Å²) < 4.78 is 2.09. The fourth-order valence-electron chi connectivity index (χ4n) is 3.01. The molecule has 2 aromatic carbocycles. The number of hydrogen-bond acceptors (Lipinski definition) is 3. The predicted octanol–water partition coefficient (Wildman–Crippen LogP) is 3.81. The van der Waals surface area contributed by atoms with Gasteiger partial charge in [-0.25, -0.2) is 4.98 Å². The summed E-state index contributed by atoms with van der Waals surface area (Å²) in [7, 11) is 0. The molecular weight excluding hydrogens is 298 g/mol. The molecule has 0 aliphatic rings. The summed E-state index contributed by atoms with van der Waals surface area (Å²) in [6.45, 7) is 1.98. The molecule has 4 heteroatoms. The summed E-state index contributed by atoms with van der Waals surface area (Å²) in [5.41, 5.74) is 4.68.